The van der Waals surface area contributed by atoms with Crippen LogP contribution in [0.2, 0.25) is 0 Å². The Labute approximate surface area is 138 Å². The molecule has 0 fully saturated rings. The normalized spacial score (nSPS) is 16.6. The highest BCUT2D eigenvalue weighted by molar-refractivity contribution is 5.92. The lowest BCUT2D eigenvalue weighted by Gasteiger charge is -2.26. The van der Waals surface area contributed by atoms with Crippen LogP contribution in [0.1, 0.15) is 46.2 Å². The van der Waals surface area contributed by atoms with Gasteiger partial charge < -0.3 is 10.1 Å². The number of fused-ring (bicyclic) bond motifs is 1. The van der Waals surface area contributed by atoms with Gasteiger partial charge >= 0.3 is 6.61 Å². The van der Waals surface area contributed by atoms with Gasteiger partial charge in [0, 0.05) is 6.20 Å². The van der Waals surface area contributed by atoms with Gasteiger partial charge in [0.05, 0.1) is 17.9 Å². The summed E-state index contributed by atoms with van der Waals surface area (Å²) in [7, 11) is 0. The van der Waals surface area contributed by atoms with E-state index in [0.29, 0.717) is 0 Å². The highest BCUT2D eigenvalue weighted by Crippen LogP contribution is 2.32. The number of nitrogens with zero attached hydrogens (tertiary/aromatic N) is 2. The number of benzene rings is 1. The summed E-state index contributed by atoms with van der Waals surface area (Å²) in [4.78, 5) is 20.4. The third kappa shape index (κ3) is 3.67. The molecule has 1 aromatic heterocycles. The van der Waals surface area contributed by atoms with Crippen molar-refractivity contribution in [2.24, 2.45) is 0 Å². The molecule has 0 spiro atoms. The number of hydrogen-bond acceptors (Lipinski definition) is 4. The number of halogens is 2. The summed E-state index contributed by atoms with van der Waals surface area (Å²) >= 11 is 0. The molecule has 126 valence electrons. The highest BCUT2D eigenvalue weighted by Gasteiger charge is 2.23. The second-order valence-corrected chi connectivity index (χ2v) is 5.70. The van der Waals surface area contributed by atoms with Crippen LogP contribution < -0.4 is 10.1 Å². The van der Waals surface area contributed by atoms with Crippen LogP contribution in [-0.4, -0.2) is 22.5 Å². The first-order valence-corrected chi connectivity index (χ1v) is 7.70. The summed E-state index contributed by atoms with van der Waals surface area (Å²) in [5, 5.41) is 2.94. The largest absolute Gasteiger partial charge is 0.435 e. The molecule has 0 saturated carbocycles. The maximum Gasteiger partial charge on any atom is 0.387 e. The lowest BCUT2D eigenvalue weighted by Crippen LogP contribution is -2.31. The summed E-state index contributed by atoms with van der Waals surface area (Å²) in [5.74, 6) is -0.159. The van der Waals surface area contributed by atoms with E-state index in [1.807, 2.05) is 0 Å². The van der Waals surface area contributed by atoms with E-state index in [2.05, 4.69) is 20.0 Å². The van der Waals surface area contributed by atoms with Gasteiger partial charge in [0.1, 0.15) is 11.4 Å². The van der Waals surface area contributed by atoms with Crippen molar-refractivity contribution in [3.8, 4) is 5.75 Å². The number of hydrogen-bond donors (Lipinski definition) is 1. The number of alkyl halides is 2. The third-order valence-corrected chi connectivity index (χ3v) is 3.97. The first kappa shape index (κ1) is 16.3. The van der Waals surface area contributed by atoms with E-state index in [0.717, 1.165) is 36.1 Å². The molecule has 1 heterocycles. The summed E-state index contributed by atoms with van der Waals surface area (Å²) in [5.41, 5.74) is 2.84. The van der Waals surface area contributed by atoms with E-state index in [4.69, 9.17) is 0 Å². The second-order valence-electron chi connectivity index (χ2n) is 5.70. The fraction of sp³-hybridized carbons (Fsp3) is 0.353. The van der Waals surface area contributed by atoms with E-state index < -0.39 is 6.61 Å². The molecule has 0 saturated heterocycles. The zero-order valence-electron chi connectivity index (χ0n) is 13.1. The molecular formula is C17H17F2N3O2. The molecule has 3 rings (SSSR count). The van der Waals surface area contributed by atoms with Gasteiger partial charge in [-0.25, -0.2) is 4.98 Å². The highest BCUT2D eigenvalue weighted by atomic mass is 19.3. The first-order chi connectivity index (χ1) is 11.5. The molecule has 1 aliphatic rings. The van der Waals surface area contributed by atoms with E-state index in [1.54, 1.807) is 19.1 Å². The number of carbonyl (C=O) groups excluding carboxylic acids is 1. The Hall–Kier alpha value is -2.57. The summed E-state index contributed by atoms with van der Waals surface area (Å²) in [6.07, 6.45) is 5.39. The Bertz CT molecular complexity index is 735. The quantitative estimate of drug-likeness (QED) is 0.933. The topological polar surface area (TPSA) is 64.1 Å². The fourth-order valence-corrected chi connectivity index (χ4v) is 2.86. The lowest BCUT2D eigenvalue weighted by molar-refractivity contribution is -0.0499. The summed E-state index contributed by atoms with van der Waals surface area (Å²) in [6, 6.07) is 4.68. The van der Waals surface area contributed by atoms with Gasteiger partial charge in [-0.3, -0.25) is 9.78 Å². The van der Waals surface area contributed by atoms with Crippen LogP contribution in [0.5, 0.6) is 5.75 Å². The van der Waals surface area contributed by atoms with Gasteiger partial charge in [-0.1, -0.05) is 6.07 Å². The van der Waals surface area contributed by atoms with Crippen LogP contribution in [0.25, 0.3) is 0 Å². The number of ether oxygens (including phenoxy) is 1. The van der Waals surface area contributed by atoms with Gasteiger partial charge in [-0.15, -0.1) is 0 Å². The number of rotatable bonds is 4. The number of nitrogens with one attached hydrogen (secondary N) is 1. The van der Waals surface area contributed by atoms with Crippen LogP contribution in [0.4, 0.5) is 8.78 Å². The van der Waals surface area contributed by atoms with E-state index >= 15 is 0 Å². The van der Waals surface area contributed by atoms with Crippen LogP contribution >= 0.6 is 0 Å². The van der Waals surface area contributed by atoms with Crippen molar-refractivity contribution in [2.45, 2.75) is 38.8 Å². The zero-order chi connectivity index (χ0) is 17.1. The minimum absolute atomic E-state index is 0.139. The summed E-state index contributed by atoms with van der Waals surface area (Å²) in [6.45, 7) is -1.05. The minimum atomic E-state index is -2.85. The zero-order valence-corrected chi connectivity index (χ0v) is 13.1. The molecular weight excluding hydrogens is 316 g/mol. The van der Waals surface area contributed by atoms with Gasteiger partial charge in [0.15, 0.2) is 0 Å². The average molecular weight is 333 g/mol. The van der Waals surface area contributed by atoms with E-state index in [1.165, 1.54) is 18.5 Å². The van der Waals surface area contributed by atoms with Crippen molar-refractivity contribution in [2.75, 3.05) is 0 Å². The SMILES string of the molecule is Cc1cnc(C(=O)NC2CCCc3cc(OC(F)F)ccc32)cn1. The molecule has 24 heavy (non-hydrogen) atoms. The molecule has 0 radical (unpaired) electrons. The molecule has 7 heteroatoms. The van der Waals surface area contributed by atoms with Crippen molar-refractivity contribution in [3.63, 3.8) is 0 Å². The van der Waals surface area contributed by atoms with E-state index in [-0.39, 0.29) is 23.4 Å². The first-order valence-electron chi connectivity index (χ1n) is 7.70. The molecule has 1 amide bonds. The summed E-state index contributed by atoms with van der Waals surface area (Å²) < 4.78 is 29.1. The van der Waals surface area contributed by atoms with Crippen LogP contribution in [0.15, 0.2) is 30.6 Å². The third-order valence-electron chi connectivity index (χ3n) is 3.97. The lowest BCUT2D eigenvalue weighted by atomic mass is 9.87. The Morgan fingerprint density at radius 1 is 1.33 bits per heavy atom. The molecule has 1 aromatic carbocycles. The van der Waals surface area contributed by atoms with Crippen LogP contribution in [0.3, 0.4) is 0 Å². The van der Waals surface area contributed by atoms with Crippen molar-refractivity contribution in [1.29, 1.82) is 0 Å². The Balaban J connectivity index is 1.76. The van der Waals surface area contributed by atoms with Gasteiger partial charge in [0.25, 0.3) is 5.91 Å². The smallest absolute Gasteiger partial charge is 0.387 e. The Morgan fingerprint density at radius 3 is 2.88 bits per heavy atom. The number of carbonyl (C=O) groups is 1. The standard InChI is InChI=1S/C17H17F2N3O2/c1-10-8-21-15(9-20-10)16(23)22-14-4-2-3-11-7-12(24-17(18)19)5-6-13(11)14/h5-9,14,17H,2-4H2,1H3,(H,22,23). The minimum Gasteiger partial charge on any atom is -0.435 e. The molecule has 0 aliphatic heterocycles. The van der Waals surface area contributed by atoms with Gasteiger partial charge in [-0.05, 0) is 49.4 Å². The maximum atomic E-state index is 12.3. The predicted octanol–water partition coefficient (Wildman–Crippen LogP) is 3.19. The molecule has 1 aliphatic carbocycles. The fourth-order valence-electron chi connectivity index (χ4n) is 2.86. The number of amides is 1. The van der Waals surface area contributed by atoms with Crippen molar-refractivity contribution in [1.82, 2.24) is 15.3 Å². The molecule has 1 unspecified atom stereocenters. The monoisotopic (exact) mass is 333 g/mol. The Morgan fingerprint density at radius 2 is 2.17 bits per heavy atom. The van der Waals surface area contributed by atoms with E-state index in [9.17, 15) is 13.6 Å². The van der Waals surface area contributed by atoms with Crippen LogP contribution in [0, 0.1) is 6.92 Å². The maximum absolute atomic E-state index is 12.3. The van der Waals surface area contributed by atoms with Gasteiger partial charge in [0.2, 0.25) is 0 Å². The van der Waals surface area contributed by atoms with Crippen molar-refractivity contribution < 1.29 is 18.3 Å². The van der Waals surface area contributed by atoms with Crippen LogP contribution in [-0.2, 0) is 6.42 Å². The predicted molar refractivity (Wildman–Crippen MR) is 83.0 cm³/mol. The van der Waals surface area contributed by atoms with Crippen molar-refractivity contribution in [3.05, 3.63) is 53.1 Å². The molecule has 2 aromatic rings. The van der Waals surface area contributed by atoms with Gasteiger partial charge in [-0.2, -0.15) is 8.78 Å². The van der Waals surface area contributed by atoms with Crippen molar-refractivity contribution >= 4 is 5.91 Å². The second kappa shape index (κ2) is 6.90. The number of aromatic nitrogens is 2. The molecule has 5 nitrogen and oxygen atoms in total. The number of aryl methyl sites for hydroxylation is 2. The molecule has 1 N–H and O–H groups in total. The molecule has 1 atom stereocenters. The average Bonchev–Trinajstić information content (AvgIpc) is 2.55. The Kier molecular flexibility index (Phi) is 4.69. The molecule has 0 bridgehead atoms.